The quantitative estimate of drug-likeness (QED) is 0.257. The molecule has 0 amide bonds. The molecule has 0 radical (unpaired) electrons. The fourth-order valence-electron chi connectivity index (χ4n) is 1.21. The summed E-state index contributed by atoms with van der Waals surface area (Å²) in [6.07, 6.45) is 0. The molecule has 0 spiro atoms. The van der Waals surface area contributed by atoms with Crippen LogP contribution < -0.4 is 22.1 Å². The summed E-state index contributed by atoms with van der Waals surface area (Å²) in [5.41, 5.74) is 11.4. The van der Waals surface area contributed by atoms with E-state index in [0.29, 0.717) is 19.6 Å². The Labute approximate surface area is 91.0 Å². The zero-order valence-electron chi connectivity index (χ0n) is 9.58. The summed E-state index contributed by atoms with van der Waals surface area (Å²) >= 11 is 0. The van der Waals surface area contributed by atoms with Crippen molar-refractivity contribution in [2.45, 2.75) is 19.6 Å². The van der Waals surface area contributed by atoms with Crippen LogP contribution >= 0.6 is 0 Å². The van der Waals surface area contributed by atoms with Crippen molar-refractivity contribution in [1.82, 2.24) is 10.6 Å². The molecule has 6 nitrogen and oxygen atoms in total. The Morgan fingerprint density at radius 2 is 1.47 bits per heavy atom. The van der Waals surface area contributed by atoms with E-state index in [0.717, 1.165) is 0 Å². The lowest BCUT2D eigenvalue weighted by molar-refractivity contribution is 0.0791. The summed E-state index contributed by atoms with van der Waals surface area (Å²) in [7, 11) is 0. The molecular weight excluding hydrogens is 196 g/mol. The number of nitrogens with two attached hydrogens (primary N) is 2. The fourth-order valence-corrected chi connectivity index (χ4v) is 1.21. The van der Waals surface area contributed by atoms with Gasteiger partial charge in [-0.3, -0.25) is 10.6 Å². The number of aliphatic hydroxyl groups is 2. The van der Waals surface area contributed by atoms with Crippen LogP contribution in [0.3, 0.4) is 0 Å². The van der Waals surface area contributed by atoms with Gasteiger partial charge in [0.1, 0.15) is 5.79 Å². The summed E-state index contributed by atoms with van der Waals surface area (Å²) < 4.78 is 0. The van der Waals surface area contributed by atoms with Crippen LogP contribution in [0.5, 0.6) is 0 Å². The molecule has 0 aliphatic carbocycles. The number of aliphatic hydroxyl groups excluding tert-OH is 2. The zero-order chi connectivity index (χ0) is 11.9. The number of rotatable bonds is 8. The van der Waals surface area contributed by atoms with Gasteiger partial charge < -0.3 is 21.7 Å². The van der Waals surface area contributed by atoms with E-state index in [2.05, 4.69) is 10.6 Å². The highest BCUT2D eigenvalue weighted by molar-refractivity contribution is 4.94. The van der Waals surface area contributed by atoms with E-state index in [1.54, 1.807) is 0 Å². The largest absolute Gasteiger partial charge is 0.395 e. The molecule has 0 saturated carbocycles. The van der Waals surface area contributed by atoms with Crippen LogP contribution in [0.2, 0.25) is 0 Å². The lowest BCUT2D eigenvalue weighted by Gasteiger charge is -2.44. The molecule has 0 aliphatic heterocycles. The highest BCUT2D eigenvalue weighted by Crippen LogP contribution is 2.22. The summed E-state index contributed by atoms with van der Waals surface area (Å²) in [5.74, 6) is -0.896. The summed E-state index contributed by atoms with van der Waals surface area (Å²) in [4.78, 5) is 0. The normalized spacial score (nSPS) is 13.2. The predicted octanol–water partition coefficient (Wildman–Crippen LogP) is -2.25. The van der Waals surface area contributed by atoms with Gasteiger partial charge in [-0.05, 0) is 0 Å². The van der Waals surface area contributed by atoms with E-state index < -0.39 is 11.2 Å². The minimum Gasteiger partial charge on any atom is -0.395 e. The van der Waals surface area contributed by atoms with E-state index in [1.165, 1.54) is 0 Å². The lowest BCUT2D eigenvalue weighted by Crippen LogP contribution is -2.74. The molecule has 15 heavy (non-hydrogen) atoms. The molecule has 0 fully saturated rings. The molecule has 0 aliphatic rings. The third kappa shape index (κ3) is 4.02. The monoisotopic (exact) mass is 220 g/mol. The van der Waals surface area contributed by atoms with Gasteiger partial charge in [-0.2, -0.15) is 0 Å². The van der Waals surface area contributed by atoms with Gasteiger partial charge in [0.05, 0.1) is 13.2 Å². The van der Waals surface area contributed by atoms with Crippen LogP contribution in [-0.4, -0.2) is 48.8 Å². The number of nitrogens with one attached hydrogen (secondary N) is 2. The molecule has 0 unspecified atom stereocenters. The Morgan fingerprint density at radius 3 is 1.73 bits per heavy atom. The first-order chi connectivity index (χ1) is 6.93. The van der Waals surface area contributed by atoms with E-state index in [1.807, 2.05) is 13.8 Å². The van der Waals surface area contributed by atoms with Crippen molar-refractivity contribution in [3.05, 3.63) is 0 Å². The number of hydrogen-bond acceptors (Lipinski definition) is 6. The van der Waals surface area contributed by atoms with E-state index in [9.17, 15) is 0 Å². The summed E-state index contributed by atoms with van der Waals surface area (Å²) in [6.45, 7) is 4.97. The Hall–Kier alpha value is -0.240. The standard InChI is InChI=1S/C9H24N4O2/c1-8(2,7-10)9(11,12-3-5-14)13-4-6-15/h12-15H,3-7,10-11H2,1-2H3. The Morgan fingerprint density at radius 1 is 1.07 bits per heavy atom. The van der Waals surface area contributed by atoms with Crippen LogP contribution in [0.15, 0.2) is 0 Å². The third-order valence-corrected chi connectivity index (χ3v) is 2.61. The third-order valence-electron chi connectivity index (χ3n) is 2.61. The molecule has 0 aromatic carbocycles. The smallest absolute Gasteiger partial charge is 0.127 e. The van der Waals surface area contributed by atoms with Crippen molar-refractivity contribution in [3.8, 4) is 0 Å². The van der Waals surface area contributed by atoms with Crippen molar-refractivity contribution in [2.75, 3.05) is 32.8 Å². The maximum Gasteiger partial charge on any atom is 0.127 e. The highest BCUT2D eigenvalue weighted by atomic mass is 16.3. The molecule has 0 heterocycles. The van der Waals surface area contributed by atoms with Gasteiger partial charge in [0, 0.05) is 25.0 Å². The average Bonchev–Trinajstić information content (AvgIpc) is 2.23. The molecule has 92 valence electrons. The van der Waals surface area contributed by atoms with Crippen molar-refractivity contribution in [3.63, 3.8) is 0 Å². The van der Waals surface area contributed by atoms with Gasteiger partial charge >= 0.3 is 0 Å². The molecular formula is C9H24N4O2. The minimum atomic E-state index is -0.896. The van der Waals surface area contributed by atoms with Gasteiger partial charge in [-0.25, -0.2) is 0 Å². The van der Waals surface area contributed by atoms with Gasteiger partial charge in [0.25, 0.3) is 0 Å². The van der Waals surface area contributed by atoms with Crippen LogP contribution in [0, 0.1) is 5.41 Å². The van der Waals surface area contributed by atoms with E-state index in [4.69, 9.17) is 21.7 Å². The summed E-state index contributed by atoms with van der Waals surface area (Å²) in [6, 6.07) is 0. The second-order valence-corrected chi connectivity index (χ2v) is 4.20. The maximum absolute atomic E-state index is 8.77. The van der Waals surface area contributed by atoms with Gasteiger partial charge in [0.15, 0.2) is 0 Å². The lowest BCUT2D eigenvalue weighted by atomic mass is 9.84. The van der Waals surface area contributed by atoms with E-state index >= 15 is 0 Å². The first-order valence-electron chi connectivity index (χ1n) is 5.14. The average molecular weight is 220 g/mol. The van der Waals surface area contributed by atoms with Crippen molar-refractivity contribution in [1.29, 1.82) is 0 Å². The second-order valence-electron chi connectivity index (χ2n) is 4.20. The van der Waals surface area contributed by atoms with Crippen molar-refractivity contribution >= 4 is 0 Å². The molecule has 8 N–H and O–H groups in total. The van der Waals surface area contributed by atoms with Crippen LogP contribution in [0.25, 0.3) is 0 Å². The van der Waals surface area contributed by atoms with Gasteiger partial charge in [-0.1, -0.05) is 13.8 Å². The number of hydrogen-bond donors (Lipinski definition) is 6. The highest BCUT2D eigenvalue weighted by Gasteiger charge is 2.39. The van der Waals surface area contributed by atoms with Crippen molar-refractivity contribution < 1.29 is 10.2 Å². The summed E-state index contributed by atoms with van der Waals surface area (Å²) in [5, 5.41) is 23.5. The topological polar surface area (TPSA) is 117 Å². The minimum absolute atomic E-state index is 0.000403. The van der Waals surface area contributed by atoms with Crippen LogP contribution in [-0.2, 0) is 0 Å². The molecule has 0 bridgehead atoms. The Bertz CT molecular complexity index is 167. The molecule has 0 saturated heterocycles. The van der Waals surface area contributed by atoms with E-state index in [-0.39, 0.29) is 13.2 Å². The fraction of sp³-hybridized carbons (Fsp3) is 1.00. The first-order valence-corrected chi connectivity index (χ1v) is 5.14. The molecule has 0 aromatic rings. The second kappa shape index (κ2) is 6.37. The van der Waals surface area contributed by atoms with Crippen LogP contribution in [0.4, 0.5) is 0 Å². The molecule has 0 rings (SSSR count). The molecule has 6 heteroatoms. The zero-order valence-corrected chi connectivity index (χ0v) is 9.58. The first kappa shape index (κ1) is 14.8. The maximum atomic E-state index is 8.77. The molecule has 0 atom stereocenters. The van der Waals surface area contributed by atoms with Crippen molar-refractivity contribution in [2.24, 2.45) is 16.9 Å². The Kier molecular flexibility index (Phi) is 6.26. The molecule has 0 aromatic heterocycles. The predicted molar refractivity (Wildman–Crippen MR) is 59.9 cm³/mol. The SMILES string of the molecule is CC(C)(CN)C(N)(NCCO)NCCO. The van der Waals surface area contributed by atoms with Crippen LogP contribution in [0.1, 0.15) is 13.8 Å². The Balaban J connectivity index is 4.52. The van der Waals surface area contributed by atoms with Gasteiger partial charge in [-0.15, -0.1) is 0 Å². The van der Waals surface area contributed by atoms with Gasteiger partial charge in [0.2, 0.25) is 0 Å².